The molecule has 7 rings (SSSR count). The molecule has 0 radical (unpaired) electrons. The molecule has 0 saturated heterocycles. The molecule has 0 bridgehead atoms. The molecule has 0 heterocycles. The lowest BCUT2D eigenvalue weighted by Crippen LogP contribution is -2.64. The lowest BCUT2D eigenvalue weighted by atomic mass is 9.38. The molecule has 0 spiro atoms. The standard InChI is InChI=1S/C41H63NO3/c1-7-24-42-41-20-11-14-32(41)29-15-16-35-39(5)22-19-34(27(2)30(39)17-21-40(35,6)31(29)18-23-41)45-36-25-33(38(36,3)4)37(43)44-26-28-12-9-8-10-13-28/h8-10,12-13,27,29-36,42H,7,11,14-26H2,1-6H3/t27?,29?,30?,31?,32-,33?,34?,35?,36?,39?,40?,41?/m1/s1. The highest BCUT2D eigenvalue weighted by atomic mass is 16.5. The molecule has 0 aromatic heterocycles. The monoisotopic (exact) mass is 617 g/mol. The summed E-state index contributed by atoms with van der Waals surface area (Å²) < 4.78 is 12.8. The predicted octanol–water partition coefficient (Wildman–Crippen LogP) is 9.36. The molecular weight excluding hydrogens is 554 g/mol. The van der Waals surface area contributed by atoms with E-state index in [0.717, 1.165) is 41.6 Å². The second kappa shape index (κ2) is 11.9. The molecule has 6 saturated carbocycles. The van der Waals surface area contributed by atoms with Gasteiger partial charge in [-0.3, -0.25) is 4.79 Å². The Morgan fingerprint density at radius 2 is 1.60 bits per heavy atom. The summed E-state index contributed by atoms with van der Waals surface area (Å²) in [6.07, 6.45) is 17.9. The molecule has 1 aromatic carbocycles. The van der Waals surface area contributed by atoms with Crippen LogP contribution >= 0.6 is 0 Å². The van der Waals surface area contributed by atoms with Gasteiger partial charge in [0.25, 0.3) is 0 Å². The summed E-state index contributed by atoms with van der Waals surface area (Å²) in [7, 11) is 0. The number of fused-ring (bicyclic) bond motifs is 7. The molecule has 250 valence electrons. The first-order valence-electron chi connectivity index (χ1n) is 19.1. The number of hydrogen-bond donors (Lipinski definition) is 1. The van der Waals surface area contributed by atoms with E-state index < -0.39 is 0 Å². The third kappa shape index (κ3) is 5.17. The Labute approximate surface area is 274 Å². The number of esters is 1. The Bertz CT molecular complexity index is 1210. The second-order valence-electron chi connectivity index (χ2n) is 17.9. The molecule has 11 unspecified atom stereocenters. The summed E-state index contributed by atoms with van der Waals surface area (Å²) in [5, 5.41) is 4.14. The van der Waals surface area contributed by atoms with Crippen LogP contribution in [0.2, 0.25) is 0 Å². The van der Waals surface area contributed by atoms with Crippen molar-refractivity contribution in [1.29, 1.82) is 0 Å². The Hall–Kier alpha value is -1.39. The van der Waals surface area contributed by atoms with Crippen LogP contribution in [0.1, 0.15) is 131 Å². The molecule has 6 aliphatic carbocycles. The Morgan fingerprint density at radius 1 is 0.867 bits per heavy atom. The molecule has 45 heavy (non-hydrogen) atoms. The van der Waals surface area contributed by atoms with E-state index >= 15 is 0 Å². The number of hydrogen-bond acceptors (Lipinski definition) is 4. The average Bonchev–Trinajstić information content (AvgIpc) is 3.46. The lowest BCUT2D eigenvalue weighted by molar-refractivity contribution is -0.230. The van der Waals surface area contributed by atoms with Crippen molar-refractivity contribution in [3.63, 3.8) is 0 Å². The van der Waals surface area contributed by atoms with Crippen molar-refractivity contribution in [3.8, 4) is 0 Å². The second-order valence-corrected chi connectivity index (χ2v) is 17.9. The molecule has 6 fully saturated rings. The number of carbonyl (C=O) groups is 1. The van der Waals surface area contributed by atoms with Gasteiger partial charge in [-0.25, -0.2) is 0 Å². The van der Waals surface area contributed by atoms with Gasteiger partial charge in [0.15, 0.2) is 0 Å². The highest BCUT2D eigenvalue weighted by Crippen LogP contribution is 2.71. The minimum absolute atomic E-state index is 0.0613. The Balaban J connectivity index is 0.988. The third-order valence-corrected chi connectivity index (χ3v) is 15.8. The third-order valence-electron chi connectivity index (χ3n) is 15.8. The van der Waals surface area contributed by atoms with Gasteiger partial charge in [-0.1, -0.05) is 78.3 Å². The van der Waals surface area contributed by atoms with Crippen molar-refractivity contribution in [2.45, 2.75) is 149 Å². The van der Waals surface area contributed by atoms with Gasteiger partial charge in [0.2, 0.25) is 0 Å². The highest BCUT2D eigenvalue weighted by molar-refractivity contribution is 5.75. The number of nitrogens with one attached hydrogen (secondary N) is 1. The summed E-state index contributed by atoms with van der Waals surface area (Å²) in [6.45, 7) is 16.3. The highest BCUT2D eigenvalue weighted by Gasteiger charge is 2.65. The van der Waals surface area contributed by atoms with E-state index in [1.54, 1.807) is 0 Å². The van der Waals surface area contributed by atoms with Crippen LogP contribution in [0.25, 0.3) is 0 Å². The van der Waals surface area contributed by atoms with Gasteiger partial charge in [-0.15, -0.1) is 0 Å². The van der Waals surface area contributed by atoms with Gasteiger partial charge in [0.1, 0.15) is 6.61 Å². The molecule has 0 aliphatic heterocycles. The van der Waals surface area contributed by atoms with Gasteiger partial charge in [0, 0.05) is 11.0 Å². The minimum Gasteiger partial charge on any atom is -0.461 e. The van der Waals surface area contributed by atoms with E-state index in [1.165, 1.54) is 83.6 Å². The van der Waals surface area contributed by atoms with Gasteiger partial charge >= 0.3 is 5.97 Å². The van der Waals surface area contributed by atoms with E-state index in [9.17, 15) is 4.79 Å². The number of ether oxygens (including phenoxy) is 2. The first-order chi connectivity index (χ1) is 21.5. The number of benzene rings is 1. The summed E-state index contributed by atoms with van der Waals surface area (Å²) in [5.41, 5.74) is 2.26. The molecule has 0 amide bonds. The van der Waals surface area contributed by atoms with Crippen LogP contribution in [-0.4, -0.2) is 30.3 Å². The maximum atomic E-state index is 13.1. The van der Waals surface area contributed by atoms with Gasteiger partial charge in [-0.05, 0) is 135 Å². The molecule has 12 atom stereocenters. The normalized spacial score (nSPS) is 46.6. The first-order valence-corrected chi connectivity index (χ1v) is 19.1. The fourth-order valence-corrected chi connectivity index (χ4v) is 13.2. The minimum atomic E-state index is -0.180. The number of rotatable bonds is 8. The summed E-state index contributed by atoms with van der Waals surface area (Å²) in [6, 6.07) is 10.0. The van der Waals surface area contributed by atoms with Crippen LogP contribution in [0.4, 0.5) is 0 Å². The summed E-state index contributed by atoms with van der Waals surface area (Å²) in [5.74, 6) is 4.83. The summed E-state index contributed by atoms with van der Waals surface area (Å²) >= 11 is 0. The fourth-order valence-electron chi connectivity index (χ4n) is 13.2. The van der Waals surface area contributed by atoms with Crippen molar-refractivity contribution < 1.29 is 14.3 Å². The van der Waals surface area contributed by atoms with Crippen LogP contribution in [0, 0.1) is 57.7 Å². The average molecular weight is 618 g/mol. The van der Waals surface area contributed by atoms with Crippen molar-refractivity contribution in [3.05, 3.63) is 35.9 Å². The molecule has 4 heteroatoms. The SMILES string of the molecule is CCCNC12CCC[C@@H]1C1CCC3C4(C)CCC(OC5CC(C(=O)OCc6ccccc6)C5(C)C)C(C)C4CCC3(C)C1CC2. The fraction of sp³-hybridized carbons (Fsp3) is 0.829. The summed E-state index contributed by atoms with van der Waals surface area (Å²) in [4.78, 5) is 13.1. The van der Waals surface area contributed by atoms with E-state index in [0.29, 0.717) is 35.0 Å². The quantitative estimate of drug-likeness (QED) is 0.295. The van der Waals surface area contributed by atoms with Gasteiger partial charge in [-0.2, -0.15) is 0 Å². The van der Waals surface area contributed by atoms with Crippen molar-refractivity contribution in [2.75, 3.05) is 6.54 Å². The van der Waals surface area contributed by atoms with Crippen LogP contribution < -0.4 is 5.32 Å². The maximum Gasteiger partial charge on any atom is 0.310 e. The van der Waals surface area contributed by atoms with Crippen molar-refractivity contribution in [1.82, 2.24) is 5.32 Å². The zero-order valence-corrected chi connectivity index (χ0v) is 29.4. The molecule has 1 aromatic rings. The van der Waals surface area contributed by atoms with E-state index in [1.807, 2.05) is 30.3 Å². The van der Waals surface area contributed by atoms with Gasteiger partial charge in [0.05, 0.1) is 18.1 Å². The molecular formula is C41H63NO3. The predicted molar refractivity (Wildman–Crippen MR) is 181 cm³/mol. The van der Waals surface area contributed by atoms with Crippen LogP contribution in [0.3, 0.4) is 0 Å². The Morgan fingerprint density at radius 3 is 2.36 bits per heavy atom. The van der Waals surface area contributed by atoms with Crippen LogP contribution in [0.15, 0.2) is 30.3 Å². The van der Waals surface area contributed by atoms with Crippen LogP contribution in [-0.2, 0) is 20.9 Å². The largest absolute Gasteiger partial charge is 0.461 e. The smallest absolute Gasteiger partial charge is 0.310 e. The maximum absolute atomic E-state index is 13.1. The van der Waals surface area contributed by atoms with Gasteiger partial charge < -0.3 is 14.8 Å². The molecule has 6 aliphatic rings. The topological polar surface area (TPSA) is 47.6 Å². The number of carbonyl (C=O) groups excluding carboxylic acids is 1. The van der Waals surface area contributed by atoms with E-state index in [-0.39, 0.29) is 23.4 Å². The van der Waals surface area contributed by atoms with Crippen molar-refractivity contribution in [2.24, 2.45) is 57.7 Å². The van der Waals surface area contributed by atoms with Crippen molar-refractivity contribution >= 4 is 5.97 Å². The first kappa shape index (κ1) is 32.2. The van der Waals surface area contributed by atoms with E-state index in [2.05, 4.69) is 46.9 Å². The molecule has 1 N–H and O–H groups in total. The zero-order chi connectivity index (χ0) is 31.6. The lowest BCUT2D eigenvalue weighted by Gasteiger charge is -2.68. The Kier molecular flexibility index (Phi) is 8.54. The molecule has 4 nitrogen and oxygen atoms in total. The van der Waals surface area contributed by atoms with E-state index in [4.69, 9.17) is 9.47 Å². The zero-order valence-electron chi connectivity index (χ0n) is 29.4. The van der Waals surface area contributed by atoms with Crippen LogP contribution in [0.5, 0.6) is 0 Å².